The van der Waals surface area contributed by atoms with Gasteiger partial charge in [0.1, 0.15) is 0 Å². The highest BCUT2D eigenvalue weighted by atomic mass is 35.5. The molecule has 1 aromatic carbocycles. The molecule has 1 unspecified atom stereocenters. The minimum atomic E-state index is 0.314. The lowest BCUT2D eigenvalue weighted by Crippen LogP contribution is -2.23. The van der Waals surface area contributed by atoms with Crippen LogP contribution in [0.5, 0.6) is 0 Å². The Morgan fingerprint density at radius 2 is 2.16 bits per heavy atom. The van der Waals surface area contributed by atoms with E-state index in [1.54, 1.807) is 11.3 Å². The van der Waals surface area contributed by atoms with Crippen molar-refractivity contribution in [2.24, 2.45) is 0 Å². The topological polar surface area (TPSA) is 12.0 Å². The molecule has 3 heteroatoms. The monoisotopic (exact) mass is 293 g/mol. The van der Waals surface area contributed by atoms with E-state index in [0.717, 1.165) is 24.4 Å². The first-order valence-electron chi connectivity index (χ1n) is 6.72. The maximum absolute atomic E-state index is 6.28. The molecule has 2 aromatic rings. The molecule has 1 N–H and O–H groups in total. The van der Waals surface area contributed by atoms with Crippen LogP contribution in [-0.2, 0) is 6.42 Å². The van der Waals surface area contributed by atoms with Gasteiger partial charge in [0, 0.05) is 10.9 Å². The van der Waals surface area contributed by atoms with E-state index in [-0.39, 0.29) is 0 Å². The van der Waals surface area contributed by atoms with E-state index in [2.05, 4.69) is 48.8 Å². The molecule has 0 saturated heterocycles. The van der Waals surface area contributed by atoms with Gasteiger partial charge >= 0.3 is 0 Å². The van der Waals surface area contributed by atoms with Gasteiger partial charge in [0.2, 0.25) is 0 Å². The number of hydrogen-bond donors (Lipinski definition) is 1. The third-order valence-electron chi connectivity index (χ3n) is 3.12. The molecule has 1 nitrogen and oxygen atoms in total. The molecule has 0 bridgehead atoms. The second-order valence-corrected chi connectivity index (χ2v) is 6.19. The second-order valence-electron chi connectivity index (χ2n) is 4.83. The van der Waals surface area contributed by atoms with Crippen molar-refractivity contribution in [3.05, 3.63) is 56.7 Å². The van der Waals surface area contributed by atoms with Crippen LogP contribution >= 0.6 is 22.9 Å². The molecular formula is C16H20ClNS. The van der Waals surface area contributed by atoms with Gasteiger partial charge in [-0.15, -0.1) is 11.3 Å². The zero-order valence-corrected chi connectivity index (χ0v) is 13.0. The number of halogens is 1. The average Bonchev–Trinajstić information content (AvgIpc) is 2.81. The first-order valence-corrected chi connectivity index (χ1v) is 7.98. The maximum atomic E-state index is 6.28. The van der Waals surface area contributed by atoms with Crippen molar-refractivity contribution in [3.8, 4) is 0 Å². The fourth-order valence-electron chi connectivity index (χ4n) is 2.21. The number of thiophene rings is 1. The Hall–Kier alpha value is -0.830. The number of aryl methyl sites for hydroxylation is 1. The Labute approximate surface area is 124 Å². The lowest BCUT2D eigenvalue weighted by Gasteiger charge is -2.18. The number of benzene rings is 1. The van der Waals surface area contributed by atoms with Crippen LogP contribution in [0.4, 0.5) is 0 Å². The van der Waals surface area contributed by atoms with Gasteiger partial charge in [-0.3, -0.25) is 0 Å². The van der Waals surface area contributed by atoms with Crippen molar-refractivity contribution in [3.63, 3.8) is 0 Å². The fraction of sp³-hybridized carbons (Fsp3) is 0.375. The minimum Gasteiger partial charge on any atom is -0.309 e. The largest absolute Gasteiger partial charge is 0.309 e. The summed E-state index contributed by atoms with van der Waals surface area (Å²) in [4.78, 5) is 1.25. The van der Waals surface area contributed by atoms with Crippen LogP contribution in [0.1, 0.15) is 35.4 Å². The normalized spacial score (nSPS) is 12.6. The highest BCUT2D eigenvalue weighted by Crippen LogP contribution is 2.31. The predicted octanol–water partition coefficient (Wildman–Crippen LogP) is 4.99. The molecule has 19 heavy (non-hydrogen) atoms. The van der Waals surface area contributed by atoms with E-state index in [1.165, 1.54) is 16.0 Å². The number of hydrogen-bond acceptors (Lipinski definition) is 2. The molecule has 1 atom stereocenters. The minimum absolute atomic E-state index is 0.314. The first kappa shape index (κ1) is 14.6. The summed E-state index contributed by atoms with van der Waals surface area (Å²) in [5.74, 6) is 0. The molecule has 0 amide bonds. The lowest BCUT2D eigenvalue weighted by molar-refractivity contribution is 0.536. The number of nitrogens with one attached hydrogen (secondary N) is 1. The smallest absolute Gasteiger partial charge is 0.0561 e. The maximum Gasteiger partial charge on any atom is 0.0561 e. The van der Waals surface area contributed by atoms with E-state index in [0.29, 0.717) is 6.04 Å². The highest BCUT2D eigenvalue weighted by Gasteiger charge is 2.16. The standard InChI is InChI=1S/C16H20ClNS/c1-3-8-18-15(16-14(17)7-9-19-16)11-13-6-4-5-12(2)10-13/h4-7,9-10,15,18H,3,8,11H2,1-2H3. The van der Waals surface area contributed by atoms with Crippen molar-refractivity contribution in [1.82, 2.24) is 5.32 Å². The van der Waals surface area contributed by atoms with Gasteiger partial charge in [0.15, 0.2) is 0 Å². The molecule has 102 valence electrons. The third-order valence-corrected chi connectivity index (χ3v) is 4.60. The summed E-state index contributed by atoms with van der Waals surface area (Å²) in [6.07, 6.45) is 2.12. The Balaban J connectivity index is 2.16. The van der Waals surface area contributed by atoms with Gasteiger partial charge in [-0.1, -0.05) is 48.4 Å². The SMILES string of the molecule is CCCNC(Cc1cccc(C)c1)c1sccc1Cl. The molecule has 1 heterocycles. The highest BCUT2D eigenvalue weighted by molar-refractivity contribution is 7.10. The predicted molar refractivity (Wildman–Crippen MR) is 85.2 cm³/mol. The molecule has 0 fully saturated rings. The van der Waals surface area contributed by atoms with Crippen molar-refractivity contribution in [2.45, 2.75) is 32.7 Å². The molecule has 0 aliphatic rings. The molecular weight excluding hydrogens is 274 g/mol. The van der Waals surface area contributed by atoms with Crippen LogP contribution in [0, 0.1) is 6.92 Å². The van der Waals surface area contributed by atoms with Gasteiger partial charge in [0.25, 0.3) is 0 Å². The lowest BCUT2D eigenvalue weighted by atomic mass is 10.0. The molecule has 0 spiro atoms. The van der Waals surface area contributed by atoms with Gasteiger partial charge in [-0.25, -0.2) is 0 Å². The average molecular weight is 294 g/mol. The zero-order chi connectivity index (χ0) is 13.7. The summed E-state index contributed by atoms with van der Waals surface area (Å²) in [7, 11) is 0. The van der Waals surface area contributed by atoms with Gasteiger partial charge in [-0.05, 0) is 43.3 Å². The molecule has 2 rings (SSSR count). The van der Waals surface area contributed by atoms with E-state index < -0.39 is 0 Å². The van der Waals surface area contributed by atoms with E-state index in [4.69, 9.17) is 11.6 Å². The Bertz CT molecular complexity index is 521. The van der Waals surface area contributed by atoms with Crippen molar-refractivity contribution in [2.75, 3.05) is 6.54 Å². The molecule has 1 aromatic heterocycles. The van der Waals surface area contributed by atoms with Crippen LogP contribution < -0.4 is 5.32 Å². The Kier molecular flexibility index (Phi) is 5.44. The Morgan fingerprint density at radius 1 is 1.32 bits per heavy atom. The summed E-state index contributed by atoms with van der Waals surface area (Å²) in [5.41, 5.74) is 2.67. The molecule has 0 aliphatic carbocycles. The van der Waals surface area contributed by atoms with Gasteiger partial charge < -0.3 is 5.32 Å². The van der Waals surface area contributed by atoms with Crippen molar-refractivity contribution >= 4 is 22.9 Å². The van der Waals surface area contributed by atoms with Crippen LogP contribution in [0.25, 0.3) is 0 Å². The second kappa shape index (κ2) is 7.09. The first-order chi connectivity index (χ1) is 9.20. The fourth-order valence-corrected chi connectivity index (χ4v) is 3.47. The van der Waals surface area contributed by atoms with E-state index in [1.807, 2.05) is 6.07 Å². The van der Waals surface area contributed by atoms with Crippen LogP contribution in [-0.4, -0.2) is 6.54 Å². The third kappa shape index (κ3) is 4.07. The summed E-state index contributed by atoms with van der Waals surface area (Å²) < 4.78 is 0. The van der Waals surface area contributed by atoms with E-state index >= 15 is 0 Å². The summed E-state index contributed by atoms with van der Waals surface area (Å²) >= 11 is 8.02. The molecule has 0 saturated carbocycles. The van der Waals surface area contributed by atoms with Gasteiger partial charge in [-0.2, -0.15) is 0 Å². The molecule has 0 aliphatic heterocycles. The quantitative estimate of drug-likeness (QED) is 0.791. The number of rotatable bonds is 6. The van der Waals surface area contributed by atoms with Crippen molar-refractivity contribution in [1.29, 1.82) is 0 Å². The van der Waals surface area contributed by atoms with Gasteiger partial charge in [0.05, 0.1) is 5.02 Å². The van der Waals surface area contributed by atoms with Crippen molar-refractivity contribution < 1.29 is 0 Å². The zero-order valence-electron chi connectivity index (χ0n) is 11.4. The molecule has 0 radical (unpaired) electrons. The van der Waals surface area contributed by atoms with Crippen LogP contribution in [0.2, 0.25) is 5.02 Å². The van der Waals surface area contributed by atoms with Crippen LogP contribution in [0.3, 0.4) is 0 Å². The summed E-state index contributed by atoms with van der Waals surface area (Å²) in [6, 6.07) is 11.0. The summed E-state index contributed by atoms with van der Waals surface area (Å²) in [6.45, 7) is 5.34. The summed E-state index contributed by atoms with van der Waals surface area (Å²) in [5, 5.41) is 6.55. The van der Waals surface area contributed by atoms with Crippen LogP contribution in [0.15, 0.2) is 35.7 Å². The Morgan fingerprint density at radius 3 is 2.79 bits per heavy atom. The van der Waals surface area contributed by atoms with E-state index in [9.17, 15) is 0 Å².